The van der Waals surface area contributed by atoms with Gasteiger partial charge in [-0.2, -0.15) is 0 Å². The van der Waals surface area contributed by atoms with Crippen molar-refractivity contribution < 1.29 is 14.6 Å². The second-order valence-electron chi connectivity index (χ2n) is 4.66. The molecule has 3 N–H and O–H groups in total. The van der Waals surface area contributed by atoms with Gasteiger partial charge in [-0.05, 0) is 26.0 Å². The van der Waals surface area contributed by atoms with Crippen molar-refractivity contribution >= 4 is 11.7 Å². The number of rotatable bonds is 5. The van der Waals surface area contributed by atoms with Crippen LogP contribution in [0.15, 0.2) is 24.3 Å². The quantitative estimate of drug-likeness (QED) is 0.631. The summed E-state index contributed by atoms with van der Waals surface area (Å²) in [7, 11) is 0. The van der Waals surface area contributed by atoms with E-state index in [0.29, 0.717) is 11.4 Å². The number of hydrogen-bond acceptors (Lipinski definition) is 6. The number of ether oxygens (including phenoxy) is 1. The highest BCUT2D eigenvalue weighted by molar-refractivity contribution is 5.94. The average Bonchev–Trinajstić information content (AvgIpc) is 2.83. The second-order valence-corrected chi connectivity index (χ2v) is 4.66. The van der Waals surface area contributed by atoms with Gasteiger partial charge in [0, 0.05) is 11.3 Å². The summed E-state index contributed by atoms with van der Waals surface area (Å²) in [4.78, 5) is 12.0. The van der Waals surface area contributed by atoms with Gasteiger partial charge in [0.05, 0.1) is 19.3 Å². The smallest absolute Gasteiger partial charge is 0.361 e. The molecule has 7 heteroatoms. The van der Waals surface area contributed by atoms with Crippen LogP contribution in [0.3, 0.4) is 0 Å². The number of benzene rings is 1. The second kappa shape index (κ2) is 6.36. The van der Waals surface area contributed by atoms with Crippen LogP contribution < -0.4 is 5.73 Å². The molecule has 0 radical (unpaired) electrons. The van der Waals surface area contributed by atoms with Crippen molar-refractivity contribution in [2.24, 2.45) is 0 Å². The molecule has 1 atom stereocenters. The van der Waals surface area contributed by atoms with Crippen LogP contribution in [0.5, 0.6) is 0 Å². The highest BCUT2D eigenvalue weighted by Crippen LogP contribution is 2.24. The van der Waals surface area contributed by atoms with Crippen LogP contribution in [0.2, 0.25) is 0 Å². The molecular weight excluding hydrogens is 272 g/mol. The lowest BCUT2D eigenvalue weighted by molar-refractivity contribution is 0.0520. The van der Waals surface area contributed by atoms with E-state index in [-0.39, 0.29) is 18.8 Å². The molecule has 0 saturated heterocycles. The third-order valence-electron chi connectivity index (χ3n) is 2.83. The number of nitrogens with zero attached hydrogens (tertiary/aromatic N) is 3. The first kappa shape index (κ1) is 15.0. The molecule has 1 unspecified atom stereocenters. The summed E-state index contributed by atoms with van der Waals surface area (Å²) in [6.07, 6.45) is -0.616. The Morgan fingerprint density at radius 3 is 2.67 bits per heavy atom. The molecule has 21 heavy (non-hydrogen) atoms. The van der Waals surface area contributed by atoms with Crippen molar-refractivity contribution in [2.45, 2.75) is 26.5 Å². The minimum atomic E-state index is -0.616. The molecule has 112 valence electrons. The summed E-state index contributed by atoms with van der Waals surface area (Å²) in [5.74, 6) is -0.541. The fourth-order valence-electron chi connectivity index (χ4n) is 1.95. The molecule has 0 fully saturated rings. The maximum absolute atomic E-state index is 12.0. The Bertz CT molecular complexity index is 620. The number of nitrogen functional groups attached to an aromatic ring is 1. The van der Waals surface area contributed by atoms with Gasteiger partial charge in [-0.15, -0.1) is 5.10 Å². The van der Waals surface area contributed by atoms with Crippen molar-refractivity contribution in [3.05, 3.63) is 30.0 Å². The summed E-state index contributed by atoms with van der Waals surface area (Å²) >= 11 is 0. The first-order valence-corrected chi connectivity index (χ1v) is 6.67. The molecule has 0 saturated carbocycles. The predicted molar refractivity (Wildman–Crippen MR) is 77.5 cm³/mol. The minimum Gasteiger partial charge on any atom is -0.461 e. The molecule has 0 amide bonds. The lowest BCUT2D eigenvalue weighted by atomic mass is 10.1. The van der Waals surface area contributed by atoms with Crippen molar-refractivity contribution in [1.82, 2.24) is 15.0 Å². The third kappa shape index (κ3) is 3.38. The van der Waals surface area contributed by atoms with E-state index in [0.717, 1.165) is 5.56 Å². The van der Waals surface area contributed by atoms with Crippen LogP contribution in [0.25, 0.3) is 11.3 Å². The molecule has 2 rings (SSSR count). The molecule has 0 aliphatic rings. The van der Waals surface area contributed by atoms with E-state index in [1.54, 1.807) is 38.1 Å². The maximum Gasteiger partial charge on any atom is 0.361 e. The summed E-state index contributed by atoms with van der Waals surface area (Å²) in [6, 6.07) is 7.00. The van der Waals surface area contributed by atoms with E-state index < -0.39 is 12.1 Å². The van der Waals surface area contributed by atoms with E-state index in [1.807, 2.05) is 0 Å². The Morgan fingerprint density at radius 1 is 1.43 bits per heavy atom. The van der Waals surface area contributed by atoms with Gasteiger partial charge in [-0.25, -0.2) is 9.48 Å². The number of carbonyl (C=O) groups excluding carboxylic acids is 1. The number of nitrogens with two attached hydrogens (primary N) is 1. The third-order valence-corrected chi connectivity index (χ3v) is 2.83. The number of carbonyl (C=O) groups is 1. The first-order chi connectivity index (χ1) is 10.0. The molecule has 0 bridgehead atoms. The highest BCUT2D eigenvalue weighted by Gasteiger charge is 2.22. The van der Waals surface area contributed by atoms with Gasteiger partial charge in [0.2, 0.25) is 0 Å². The van der Waals surface area contributed by atoms with E-state index in [1.165, 1.54) is 4.68 Å². The predicted octanol–water partition coefficient (Wildman–Crippen LogP) is 1.08. The van der Waals surface area contributed by atoms with E-state index in [9.17, 15) is 9.90 Å². The number of hydrogen-bond donors (Lipinski definition) is 2. The standard InChI is InChI=1S/C14H18N4O3/c1-3-21-14(20)12-13(10-4-6-11(15)7-5-10)18(17-16-12)8-9(2)19/h4-7,9,19H,3,8,15H2,1-2H3. The molecule has 7 nitrogen and oxygen atoms in total. The fraction of sp³-hybridized carbons (Fsp3) is 0.357. The SMILES string of the molecule is CCOC(=O)c1nnn(CC(C)O)c1-c1ccc(N)cc1. The lowest BCUT2D eigenvalue weighted by Gasteiger charge is -2.10. The minimum absolute atomic E-state index is 0.127. The van der Waals surface area contributed by atoms with Crippen molar-refractivity contribution in [2.75, 3.05) is 12.3 Å². The molecule has 1 aromatic heterocycles. The fourth-order valence-corrected chi connectivity index (χ4v) is 1.95. The molecule has 1 aromatic carbocycles. The van der Waals surface area contributed by atoms with Gasteiger partial charge in [-0.3, -0.25) is 0 Å². The first-order valence-electron chi connectivity index (χ1n) is 6.67. The van der Waals surface area contributed by atoms with Crippen molar-refractivity contribution in [3.63, 3.8) is 0 Å². The van der Waals surface area contributed by atoms with Crippen LogP contribution in [-0.4, -0.2) is 38.8 Å². The van der Waals surface area contributed by atoms with Crippen LogP contribution in [-0.2, 0) is 11.3 Å². The van der Waals surface area contributed by atoms with E-state index in [4.69, 9.17) is 10.5 Å². The van der Waals surface area contributed by atoms with E-state index in [2.05, 4.69) is 10.3 Å². The number of aromatic nitrogens is 3. The van der Waals surface area contributed by atoms with Crippen molar-refractivity contribution in [3.8, 4) is 11.3 Å². The Balaban J connectivity index is 2.49. The zero-order valence-corrected chi connectivity index (χ0v) is 12.0. The van der Waals surface area contributed by atoms with E-state index >= 15 is 0 Å². The molecule has 0 aliphatic heterocycles. The Kier molecular flexibility index (Phi) is 4.54. The summed E-state index contributed by atoms with van der Waals surface area (Å²) in [5.41, 5.74) is 7.66. The Hall–Kier alpha value is -2.41. The zero-order chi connectivity index (χ0) is 15.4. The Morgan fingerprint density at radius 2 is 2.10 bits per heavy atom. The van der Waals surface area contributed by atoms with Gasteiger partial charge < -0.3 is 15.6 Å². The summed E-state index contributed by atoms with van der Waals surface area (Å²) in [5, 5.41) is 17.4. The molecule has 0 spiro atoms. The largest absolute Gasteiger partial charge is 0.461 e. The molecule has 2 aromatic rings. The van der Waals surface area contributed by atoms with Crippen LogP contribution in [0, 0.1) is 0 Å². The number of esters is 1. The Labute approximate surface area is 122 Å². The number of aliphatic hydroxyl groups excluding tert-OH is 1. The maximum atomic E-state index is 12.0. The van der Waals surface area contributed by atoms with Gasteiger partial charge >= 0.3 is 5.97 Å². The van der Waals surface area contributed by atoms with Gasteiger partial charge in [0.15, 0.2) is 5.69 Å². The van der Waals surface area contributed by atoms with Gasteiger partial charge in [0.1, 0.15) is 5.69 Å². The molecule has 1 heterocycles. The van der Waals surface area contributed by atoms with Gasteiger partial charge in [0.25, 0.3) is 0 Å². The lowest BCUT2D eigenvalue weighted by Crippen LogP contribution is -2.15. The monoisotopic (exact) mass is 290 g/mol. The number of anilines is 1. The summed E-state index contributed by atoms with van der Waals surface area (Å²) < 4.78 is 6.48. The van der Waals surface area contributed by atoms with Crippen LogP contribution in [0.1, 0.15) is 24.3 Å². The molecular formula is C14H18N4O3. The number of aliphatic hydroxyl groups is 1. The normalized spacial score (nSPS) is 12.1. The van der Waals surface area contributed by atoms with Gasteiger partial charge in [-0.1, -0.05) is 17.3 Å². The van der Waals surface area contributed by atoms with Crippen molar-refractivity contribution in [1.29, 1.82) is 0 Å². The summed E-state index contributed by atoms with van der Waals surface area (Å²) in [6.45, 7) is 3.84. The topological polar surface area (TPSA) is 103 Å². The van der Waals surface area contributed by atoms with Crippen LogP contribution >= 0.6 is 0 Å². The van der Waals surface area contributed by atoms with Crippen LogP contribution in [0.4, 0.5) is 5.69 Å². The highest BCUT2D eigenvalue weighted by atomic mass is 16.5. The molecule has 0 aliphatic carbocycles. The average molecular weight is 290 g/mol. The zero-order valence-electron chi connectivity index (χ0n) is 12.0.